The van der Waals surface area contributed by atoms with E-state index in [4.69, 9.17) is 0 Å². The van der Waals surface area contributed by atoms with Gasteiger partial charge in [0.15, 0.2) is 0 Å². The van der Waals surface area contributed by atoms with Gasteiger partial charge in [0, 0.05) is 0 Å². The SMILES string of the molecule is C[CH2][Al+][CH2]C.c1ccc(-c2c(-c3ccccc3)c(-c3ccccc3)[c-](-c3ccccc3)c2-c2ccccc2)cc1. The van der Waals surface area contributed by atoms with E-state index < -0.39 is 0 Å². The predicted molar refractivity (Wildman–Crippen MR) is 176 cm³/mol. The van der Waals surface area contributed by atoms with Crippen LogP contribution in [-0.2, 0) is 0 Å². The molecule has 6 aromatic carbocycles. The van der Waals surface area contributed by atoms with E-state index >= 15 is 0 Å². The summed E-state index contributed by atoms with van der Waals surface area (Å²) < 4.78 is 0. The van der Waals surface area contributed by atoms with Crippen LogP contribution in [0.1, 0.15) is 13.8 Å². The Morgan fingerprint density at radius 2 is 0.700 bits per heavy atom. The van der Waals surface area contributed by atoms with Crippen molar-refractivity contribution in [1.29, 1.82) is 0 Å². The predicted octanol–water partition coefficient (Wildman–Crippen LogP) is 11.3. The van der Waals surface area contributed by atoms with E-state index in [0.29, 0.717) is 0 Å². The summed E-state index contributed by atoms with van der Waals surface area (Å²) in [6, 6.07) is 54.1. The van der Waals surface area contributed by atoms with E-state index in [1.54, 1.807) is 0 Å². The van der Waals surface area contributed by atoms with Crippen molar-refractivity contribution in [1.82, 2.24) is 0 Å². The zero-order valence-electron chi connectivity index (χ0n) is 23.4. The molecule has 6 aromatic rings. The van der Waals surface area contributed by atoms with Gasteiger partial charge in [-0.3, -0.25) is 0 Å². The fraction of sp³-hybridized carbons (Fsp3) is 0.103. The summed E-state index contributed by atoms with van der Waals surface area (Å²) in [6.45, 7) is 4.50. The first-order chi connectivity index (χ1) is 19.8. The third-order valence-electron chi connectivity index (χ3n) is 7.14. The summed E-state index contributed by atoms with van der Waals surface area (Å²) in [6.07, 6.45) is 0. The molecule has 0 saturated heterocycles. The Bertz CT molecular complexity index is 1280. The van der Waals surface area contributed by atoms with Gasteiger partial charge >= 0.3 is 39.6 Å². The van der Waals surface area contributed by atoms with Crippen LogP contribution in [-0.4, -0.2) is 15.2 Å². The van der Waals surface area contributed by atoms with Crippen LogP contribution < -0.4 is 0 Å². The summed E-state index contributed by atoms with van der Waals surface area (Å²) >= 11 is 0.815. The molecule has 0 aliphatic rings. The zero-order valence-corrected chi connectivity index (χ0v) is 24.6. The third-order valence-corrected chi connectivity index (χ3v) is 8.29. The molecule has 0 atom stereocenters. The van der Waals surface area contributed by atoms with Gasteiger partial charge in [0.25, 0.3) is 0 Å². The van der Waals surface area contributed by atoms with Crippen LogP contribution in [0.4, 0.5) is 0 Å². The van der Waals surface area contributed by atoms with E-state index in [-0.39, 0.29) is 0 Å². The van der Waals surface area contributed by atoms with Crippen molar-refractivity contribution < 1.29 is 0 Å². The maximum absolute atomic E-state index is 2.25. The van der Waals surface area contributed by atoms with E-state index in [2.05, 4.69) is 166 Å². The van der Waals surface area contributed by atoms with Crippen LogP contribution in [0.2, 0.25) is 10.6 Å². The van der Waals surface area contributed by atoms with Gasteiger partial charge in [-0.1, -0.05) is 196 Å². The van der Waals surface area contributed by atoms with Crippen molar-refractivity contribution in [3.8, 4) is 55.6 Å². The van der Waals surface area contributed by atoms with Gasteiger partial charge in [-0.25, -0.2) is 0 Å². The fourth-order valence-electron chi connectivity index (χ4n) is 5.38. The van der Waals surface area contributed by atoms with Gasteiger partial charge in [-0.2, -0.15) is 0 Å². The van der Waals surface area contributed by atoms with Crippen molar-refractivity contribution in [3.05, 3.63) is 152 Å². The van der Waals surface area contributed by atoms with Crippen LogP contribution in [0.25, 0.3) is 55.6 Å². The topological polar surface area (TPSA) is 0 Å². The van der Waals surface area contributed by atoms with Gasteiger partial charge < -0.3 is 0 Å². The minimum Gasteiger partial charge on any atom is -0.0999 e. The Morgan fingerprint density at radius 3 is 1.00 bits per heavy atom. The Kier molecular flexibility index (Phi) is 9.55. The molecule has 194 valence electrons. The average molecular weight is 531 g/mol. The van der Waals surface area contributed by atoms with Crippen LogP contribution in [0.3, 0.4) is 0 Å². The second-order valence-corrected chi connectivity index (χ2v) is 12.0. The molecule has 0 spiro atoms. The minimum atomic E-state index is 0.815. The van der Waals surface area contributed by atoms with Crippen molar-refractivity contribution in [2.75, 3.05) is 0 Å². The molecule has 0 bridgehead atoms. The van der Waals surface area contributed by atoms with Crippen LogP contribution in [0, 0.1) is 0 Å². The fourth-order valence-corrected chi connectivity index (χ4v) is 5.96. The van der Waals surface area contributed by atoms with Crippen molar-refractivity contribution in [3.63, 3.8) is 0 Å². The maximum Gasteiger partial charge on any atom is -0.0465 e. The first-order valence-corrected chi connectivity index (χ1v) is 15.9. The molecule has 0 fully saturated rings. The molecule has 0 amide bonds. The molecular weight excluding hydrogens is 495 g/mol. The van der Waals surface area contributed by atoms with E-state index in [0.717, 1.165) is 15.2 Å². The van der Waals surface area contributed by atoms with Gasteiger partial charge in [0.05, 0.1) is 0 Å². The molecular formula is C39H35Al. The van der Waals surface area contributed by atoms with E-state index in [9.17, 15) is 0 Å². The van der Waals surface area contributed by atoms with Crippen molar-refractivity contribution in [2.45, 2.75) is 24.4 Å². The van der Waals surface area contributed by atoms with Crippen LogP contribution in [0.15, 0.2) is 152 Å². The van der Waals surface area contributed by atoms with Gasteiger partial charge in [-0.05, 0) is 11.1 Å². The molecule has 1 heteroatoms. The second-order valence-electron chi connectivity index (χ2n) is 9.81. The molecule has 0 heterocycles. The second kappa shape index (κ2) is 13.9. The standard InChI is InChI=1S/C35H25.2C2H5.Al/c1-6-16-26(17-7-1)31-32(27-18-8-2-9-19-27)34(29-22-12-4-13-23-29)35(30-24-14-5-15-25-30)33(31)28-20-10-3-11-21-28;2*1-2;/h1-25H;2*1H2,2H3;/q-1;;;+1. The van der Waals surface area contributed by atoms with Crippen molar-refractivity contribution in [2.24, 2.45) is 0 Å². The number of rotatable bonds is 7. The third kappa shape index (κ3) is 6.08. The molecule has 0 unspecified atom stereocenters. The minimum absolute atomic E-state index is 0.815. The van der Waals surface area contributed by atoms with Crippen LogP contribution >= 0.6 is 0 Å². The summed E-state index contributed by atoms with van der Waals surface area (Å²) in [5, 5.41) is 2.85. The Labute approximate surface area is 246 Å². The molecule has 0 radical (unpaired) electrons. The molecule has 0 saturated carbocycles. The number of hydrogen-bond donors (Lipinski definition) is 0. The number of benzene rings is 5. The zero-order chi connectivity index (χ0) is 27.6. The smallest absolute Gasteiger partial charge is 0.0465 e. The molecule has 0 N–H and O–H groups in total. The summed E-state index contributed by atoms with van der Waals surface area (Å²) in [7, 11) is 0. The Morgan fingerprint density at radius 1 is 0.400 bits per heavy atom. The van der Waals surface area contributed by atoms with E-state index in [1.807, 2.05) is 0 Å². The van der Waals surface area contributed by atoms with Crippen LogP contribution in [0.5, 0.6) is 0 Å². The molecule has 0 aliphatic heterocycles. The molecule has 0 aliphatic carbocycles. The first kappa shape index (κ1) is 27.5. The molecule has 40 heavy (non-hydrogen) atoms. The maximum atomic E-state index is 2.25. The van der Waals surface area contributed by atoms with Gasteiger partial charge in [-0.15, -0.1) is 0 Å². The quantitative estimate of drug-likeness (QED) is 0.142. The van der Waals surface area contributed by atoms with Gasteiger partial charge in [0.1, 0.15) is 0 Å². The Balaban J connectivity index is 0.000000595. The molecule has 6 rings (SSSR count). The molecule has 0 aromatic heterocycles. The number of hydrogen-bond acceptors (Lipinski definition) is 0. The molecule has 0 nitrogen and oxygen atoms in total. The summed E-state index contributed by atoms with van der Waals surface area (Å²) in [4.78, 5) is 0. The largest absolute Gasteiger partial charge is 0.0999 e. The first-order valence-electron chi connectivity index (χ1n) is 14.3. The summed E-state index contributed by atoms with van der Waals surface area (Å²) in [5.74, 6) is 0. The van der Waals surface area contributed by atoms with Gasteiger partial charge in [0.2, 0.25) is 0 Å². The normalized spacial score (nSPS) is 10.3. The summed E-state index contributed by atoms with van der Waals surface area (Å²) in [5.41, 5.74) is 12.5. The Hall–Kier alpha value is -4.02. The van der Waals surface area contributed by atoms with Crippen molar-refractivity contribution >= 4 is 15.2 Å². The monoisotopic (exact) mass is 530 g/mol. The average Bonchev–Trinajstić information content (AvgIpc) is 3.40. The van der Waals surface area contributed by atoms with E-state index in [1.165, 1.54) is 66.2 Å².